The first-order chi connectivity index (χ1) is 16.2. The maximum absolute atomic E-state index is 13.9. The number of hydrogen-bond donors (Lipinski definition) is 0. The highest BCUT2D eigenvalue weighted by atomic mass is 19.2. The zero-order valence-corrected chi connectivity index (χ0v) is 18.8. The first-order valence-corrected chi connectivity index (χ1v) is 10.7. The molecular formula is C24H21F3N6O. The molecule has 4 aromatic rings. The quantitative estimate of drug-likeness (QED) is 0.426. The molecule has 1 aliphatic rings. The van der Waals surface area contributed by atoms with Crippen molar-refractivity contribution in [1.29, 1.82) is 0 Å². The Hall–Kier alpha value is -3.95. The van der Waals surface area contributed by atoms with Crippen molar-refractivity contribution in [3.05, 3.63) is 82.8 Å². The Morgan fingerprint density at radius 1 is 1.03 bits per heavy atom. The Bertz CT molecular complexity index is 1390. The number of halogens is 3. The normalized spacial score (nSPS) is 15.5. The molecule has 34 heavy (non-hydrogen) atoms. The van der Waals surface area contributed by atoms with Crippen molar-refractivity contribution in [2.75, 3.05) is 6.54 Å². The molecule has 0 bridgehead atoms. The Balaban J connectivity index is 1.50. The Labute approximate surface area is 193 Å². The van der Waals surface area contributed by atoms with Crippen molar-refractivity contribution in [1.82, 2.24) is 29.4 Å². The number of fused-ring (bicyclic) bond motifs is 1. The van der Waals surface area contributed by atoms with E-state index in [0.29, 0.717) is 29.9 Å². The van der Waals surface area contributed by atoms with Gasteiger partial charge in [0.05, 0.1) is 17.4 Å². The third-order valence-corrected chi connectivity index (χ3v) is 6.19. The van der Waals surface area contributed by atoms with Crippen molar-refractivity contribution in [2.45, 2.75) is 26.3 Å². The highest BCUT2D eigenvalue weighted by Crippen LogP contribution is 2.37. The summed E-state index contributed by atoms with van der Waals surface area (Å²) in [5.41, 5.74) is 4.37. The van der Waals surface area contributed by atoms with Crippen LogP contribution in [0.3, 0.4) is 0 Å². The Kier molecular flexibility index (Phi) is 5.22. The van der Waals surface area contributed by atoms with E-state index in [4.69, 9.17) is 0 Å². The molecule has 0 unspecified atom stereocenters. The molecule has 1 amide bonds. The molecule has 0 aliphatic carbocycles. The smallest absolute Gasteiger partial charge is 0.254 e. The fourth-order valence-electron chi connectivity index (χ4n) is 4.61. The van der Waals surface area contributed by atoms with Gasteiger partial charge in [-0.05, 0) is 56.2 Å². The van der Waals surface area contributed by atoms with Crippen LogP contribution in [-0.4, -0.2) is 41.9 Å². The fraction of sp³-hybridized carbons (Fsp3) is 0.250. The number of aromatic nitrogens is 5. The minimum atomic E-state index is -1.51. The second kappa shape index (κ2) is 8.12. The molecule has 7 nitrogen and oxygen atoms in total. The SMILES string of the molecule is Cc1cc(C(=O)N2CCc3c(nn(C)c3-c3cc(F)c(F)c(F)c3)[C@@H]2C)cc(-n2cnnc2)c1. The van der Waals surface area contributed by atoms with Gasteiger partial charge in [0.25, 0.3) is 5.91 Å². The van der Waals surface area contributed by atoms with Crippen LogP contribution in [0.4, 0.5) is 13.2 Å². The second-order valence-electron chi connectivity index (χ2n) is 8.44. The van der Waals surface area contributed by atoms with Gasteiger partial charge in [-0.1, -0.05) is 0 Å². The van der Waals surface area contributed by atoms with Crippen molar-refractivity contribution in [3.8, 4) is 16.9 Å². The minimum absolute atomic E-state index is 0.151. The van der Waals surface area contributed by atoms with Gasteiger partial charge in [-0.25, -0.2) is 13.2 Å². The van der Waals surface area contributed by atoms with Crippen LogP contribution in [0.2, 0.25) is 0 Å². The lowest BCUT2D eigenvalue weighted by atomic mass is 9.94. The van der Waals surface area contributed by atoms with Crippen LogP contribution in [0.25, 0.3) is 16.9 Å². The van der Waals surface area contributed by atoms with E-state index in [1.54, 1.807) is 35.2 Å². The number of nitrogens with zero attached hydrogens (tertiary/aromatic N) is 6. The van der Waals surface area contributed by atoms with Crippen LogP contribution < -0.4 is 0 Å². The lowest BCUT2D eigenvalue weighted by Gasteiger charge is -2.33. The number of amides is 1. The molecule has 0 spiro atoms. The fourth-order valence-corrected chi connectivity index (χ4v) is 4.61. The molecule has 5 rings (SSSR count). The van der Waals surface area contributed by atoms with E-state index in [1.165, 1.54) is 4.68 Å². The van der Waals surface area contributed by atoms with Gasteiger partial charge in [0.1, 0.15) is 12.7 Å². The number of rotatable bonds is 3. The number of hydrogen-bond acceptors (Lipinski definition) is 4. The molecule has 0 saturated carbocycles. The monoisotopic (exact) mass is 466 g/mol. The summed E-state index contributed by atoms with van der Waals surface area (Å²) < 4.78 is 44.5. The summed E-state index contributed by atoms with van der Waals surface area (Å²) in [6, 6.07) is 7.12. The first kappa shape index (κ1) is 21.9. The number of benzene rings is 2. The molecule has 10 heteroatoms. The van der Waals surface area contributed by atoms with Crippen LogP contribution in [0.15, 0.2) is 43.0 Å². The second-order valence-corrected chi connectivity index (χ2v) is 8.44. The molecular weight excluding hydrogens is 445 g/mol. The van der Waals surface area contributed by atoms with Crippen molar-refractivity contribution in [2.24, 2.45) is 7.05 Å². The zero-order chi connectivity index (χ0) is 24.1. The molecule has 0 fully saturated rings. The maximum Gasteiger partial charge on any atom is 0.254 e. The molecule has 2 aromatic carbocycles. The third-order valence-electron chi connectivity index (χ3n) is 6.19. The molecule has 0 N–H and O–H groups in total. The van der Waals surface area contributed by atoms with E-state index in [1.807, 2.05) is 26.0 Å². The molecule has 174 valence electrons. The summed E-state index contributed by atoms with van der Waals surface area (Å²) in [5, 5.41) is 12.2. The van der Waals surface area contributed by atoms with E-state index in [-0.39, 0.29) is 17.5 Å². The van der Waals surface area contributed by atoms with E-state index in [2.05, 4.69) is 15.3 Å². The summed E-state index contributed by atoms with van der Waals surface area (Å²) in [7, 11) is 1.66. The lowest BCUT2D eigenvalue weighted by Crippen LogP contribution is -2.39. The van der Waals surface area contributed by atoms with Gasteiger partial charge in [-0.2, -0.15) is 5.10 Å². The number of carbonyl (C=O) groups excluding carboxylic acids is 1. The molecule has 1 atom stereocenters. The molecule has 0 saturated heterocycles. The molecule has 3 heterocycles. The summed E-state index contributed by atoms with van der Waals surface area (Å²) in [5.74, 6) is -4.17. The molecule has 2 aromatic heterocycles. The van der Waals surface area contributed by atoms with Gasteiger partial charge in [0.15, 0.2) is 17.5 Å². The first-order valence-electron chi connectivity index (χ1n) is 10.7. The Morgan fingerprint density at radius 3 is 2.38 bits per heavy atom. The highest BCUT2D eigenvalue weighted by Gasteiger charge is 2.34. The average Bonchev–Trinajstić information content (AvgIpc) is 3.45. The van der Waals surface area contributed by atoms with E-state index in [0.717, 1.165) is 28.9 Å². The number of carbonyl (C=O) groups is 1. The molecule has 1 aliphatic heterocycles. The van der Waals surface area contributed by atoms with Gasteiger partial charge >= 0.3 is 0 Å². The van der Waals surface area contributed by atoms with Crippen LogP contribution in [-0.2, 0) is 13.5 Å². The Morgan fingerprint density at radius 2 is 1.71 bits per heavy atom. The van der Waals surface area contributed by atoms with Crippen molar-refractivity contribution < 1.29 is 18.0 Å². The third kappa shape index (κ3) is 3.55. The maximum atomic E-state index is 13.9. The van der Waals surface area contributed by atoms with E-state index >= 15 is 0 Å². The van der Waals surface area contributed by atoms with Crippen LogP contribution >= 0.6 is 0 Å². The lowest BCUT2D eigenvalue weighted by molar-refractivity contribution is 0.0673. The van der Waals surface area contributed by atoms with Gasteiger partial charge in [0.2, 0.25) is 0 Å². The molecule has 0 radical (unpaired) electrons. The van der Waals surface area contributed by atoms with Gasteiger partial charge in [-0.15, -0.1) is 10.2 Å². The van der Waals surface area contributed by atoms with Crippen LogP contribution in [0.5, 0.6) is 0 Å². The van der Waals surface area contributed by atoms with E-state index < -0.39 is 17.5 Å². The van der Waals surface area contributed by atoms with Crippen LogP contribution in [0.1, 0.15) is 40.1 Å². The van der Waals surface area contributed by atoms with Gasteiger partial charge < -0.3 is 4.90 Å². The van der Waals surface area contributed by atoms with E-state index in [9.17, 15) is 18.0 Å². The number of aryl methyl sites for hydroxylation is 2. The van der Waals surface area contributed by atoms with Crippen LogP contribution in [0, 0.1) is 24.4 Å². The predicted octanol–water partition coefficient (Wildman–Crippen LogP) is 4.15. The highest BCUT2D eigenvalue weighted by molar-refractivity contribution is 5.95. The van der Waals surface area contributed by atoms with Gasteiger partial charge in [0, 0.05) is 36.0 Å². The topological polar surface area (TPSA) is 68.8 Å². The minimum Gasteiger partial charge on any atom is -0.330 e. The standard InChI is InChI=1S/C24H21F3N6O/c1-13-6-16(8-17(7-13)32-11-28-29-12-32)24(34)33-5-4-18-22(14(33)2)30-31(3)23(18)15-9-19(25)21(27)20(26)10-15/h6-12,14H,4-5H2,1-3H3/t14-/m0/s1. The largest absolute Gasteiger partial charge is 0.330 e. The summed E-state index contributed by atoms with van der Waals surface area (Å²) >= 11 is 0. The zero-order valence-electron chi connectivity index (χ0n) is 18.8. The van der Waals surface area contributed by atoms with Gasteiger partial charge in [-0.3, -0.25) is 14.0 Å². The summed E-state index contributed by atoms with van der Waals surface area (Å²) in [6.45, 7) is 4.18. The summed E-state index contributed by atoms with van der Waals surface area (Å²) in [4.78, 5) is 15.2. The van der Waals surface area contributed by atoms with Crippen molar-refractivity contribution >= 4 is 5.91 Å². The summed E-state index contributed by atoms with van der Waals surface area (Å²) in [6.07, 6.45) is 3.57. The predicted molar refractivity (Wildman–Crippen MR) is 118 cm³/mol. The average molecular weight is 466 g/mol. The van der Waals surface area contributed by atoms with Crippen molar-refractivity contribution in [3.63, 3.8) is 0 Å².